The first-order chi connectivity index (χ1) is 10.1. The lowest BCUT2D eigenvalue weighted by Gasteiger charge is -2.38. The predicted molar refractivity (Wildman–Crippen MR) is 90.1 cm³/mol. The highest BCUT2D eigenvalue weighted by Gasteiger charge is 2.23. The summed E-state index contributed by atoms with van der Waals surface area (Å²) in [7, 11) is 0. The third-order valence-corrected chi connectivity index (χ3v) is 5.29. The number of thiophene rings is 1. The lowest BCUT2D eigenvalue weighted by molar-refractivity contribution is 0.192. The van der Waals surface area contributed by atoms with E-state index in [1.54, 1.807) is 11.3 Å². The second kappa shape index (κ2) is 5.77. The van der Waals surface area contributed by atoms with E-state index < -0.39 is 0 Å². The van der Waals surface area contributed by atoms with Crippen molar-refractivity contribution in [3.05, 3.63) is 10.9 Å². The van der Waals surface area contributed by atoms with Gasteiger partial charge in [-0.25, -0.2) is 4.98 Å². The normalized spacial score (nSPS) is 18.3. The van der Waals surface area contributed by atoms with Gasteiger partial charge < -0.3 is 10.6 Å². The number of nitrogens with two attached hydrogens (primary N) is 1. The van der Waals surface area contributed by atoms with Crippen LogP contribution in [-0.4, -0.2) is 47.1 Å². The maximum atomic E-state index is 5.89. The fourth-order valence-corrected chi connectivity index (χ4v) is 3.80. The maximum Gasteiger partial charge on any atom is 0.223 e. The van der Waals surface area contributed by atoms with Gasteiger partial charge in [-0.05, 0) is 26.3 Å². The molecule has 1 atom stereocenters. The predicted octanol–water partition coefficient (Wildman–Crippen LogP) is 2.50. The second-order valence-corrected chi connectivity index (χ2v) is 7.00. The first-order valence-corrected chi connectivity index (χ1v) is 8.42. The molecule has 1 aliphatic rings. The minimum atomic E-state index is 0.378. The molecule has 0 amide bonds. The van der Waals surface area contributed by atoms with Gasteiger partial charge in [-0.1, -0.05) is 6.92 Å². The molecule has 5 nitrogen and oxygen atoms in total. The number of aromatic nitrogens is 2. The Kier molecular flexibility index (Phi) is 3.99. The highest BCUT2D eigenvalue weighted by Crippen LogP contribution is 2.31. The van der Waals surface area contributed by atoms with Crippen molar-refractivity contribution in [2.45, 2.75) is 33.2 Å². The summed E-state index contributed by atoms with van der Waals surface area (Å²) in [6.07, 6.45) is 1.20. The van der Waals surface area contributed by atoms with E-state index in [2.05, 4.69) is 46.6 Å². The van der Waals surface area contributed by atoms with Gasteiger partial charge in [0.05, 0.1) is 5.39 Å². The van der Waals surface area contributed by atoms with Crippen molar-refractivity contribution in [3.8, 4) is 0 Å². The summed E-state index contributed by atoms with van der Waals surface area (Å²) < 4.78 is 0. The van der Waals surface area contributed by atoms with Gasteiger partial charge in [0.1, 0.15) is 10.6 Å². The van der Waals surface area contributed by atoms with Crippen LogP contribution in [-0.2, 0) is 0 Å². The van der Waals surface area contributed by atoms with Crippen LogP contribution in [0.2, 0.25) is 0 Å². The summed E-state index contributed by atoms with van der Waals surface area (Å²) in [4.78, 5) is 16.0. The number of nitrogens with zero attached hydrogens (tertiary/aromatic N) is 4. The van der Waals surface area contributed by atoms with E-state index in [0.717, 1.165) is 42.2 Å². The van der Waals surface area contributed by atoms with Gasteiger partial charge in [0, 0.05) is 37.1 Å². The summed E-state index contributed by atoms with van der Waals surface area (Å²) >= 11 is 1.69. The number of piperazine rings is 1. The zero-order valence-corrected chi connectivity index (χ0v) is 13.8. The van der Waals surface area contributed by atoms with E-state index in [-0.39, 0.29) is 0 Å². The van der Waals surface area contributed by atoms with Crippen molar-refractivity contribution < 1.29 is 0 Å². The van der Waals surface area contributed by atoms with Crippen molar-refractivity contribution in [3.63, 3.8) is 0 Å². The van der Waals surface area contributed by atoms with Crippen LogP contribution in [0.25, 0.3) is 10.2 Å². The van der Waals surface area contributed by atoms with E-state index in [1.807, 2.05) is 0 Å². The summed E-state index contributed by atoms with van der Waals surface area (Å²) in [5.41, 5.74) is 5.89. The molecular formula is C15H23N5S. The molecule has 0 spiro atoms. The average molecular weight is 305 g/mol. The van der Waals surface area contributed by atoms with Gasteiger partial charge in [-0.2, -0.15) is 4.98 Å². The highest BCUT2D eigenvalue weighted by atomic mass is 32.1. The Morgan fingerprint density at radius 3 is 2.67 bits per heavy atom. The molecule has 2 aromatic heterocycles. The summed E-state index contributed by atoms with van der Waals surface area (Å²) in [5, 5.41) is 1.14. The van der Waals surface area contributed by atoms with Crippen LogP contribution < -0.4 is 10.6 Å². The fourth-order valence-electron chi connectivity index (χ4n) is 2.92. The monoisotopic (exact) mass is 305 g/mol. The van der Waals surface area contributed by atoms with Crippen LogP contribution in [0.4, 0.5) is 11.8 Å². The van der Waals surface area contributed by atoms with Crippen molar-refractivity contribution >= 4 is 33.3 Å². The average Bonchev–Trinajstić information content (AvgIpc) is 2.85. The maximum absolute atomic E-state index is 5.89. The largest absolute Gasteiger partial charge is 0.368 e. The Balaban J connectivity index is 1.85. The van der Waals surface area contributed by atoms with Gasteiger partial charge in [-0.15, -0.1) is 11.3 Å². The molecule has 0 aliphatic carbocycles. The van der Waals surface area contributed by atoms with E-state index in [4.69, 9.17) is 5.73 Å². The van der Waals surface area contributed by atoms with Gasteiger partial charge >= 0.3 is 0 Å². The molecule has 0 aromatic carbocycles. The van der Waals surface area contributed by atoms with Gasteiger partial charge in [0.2, 0.25) is 5.95 Å². The minimum Gasteiger partial charge on any atom is -0.368 e. The number of aryl methyl sites for hydroxylation is 1. The molecular weight excluding hydrogens is 282 g/mol. The lowest BCUT2D eigenvalue weighted by atomic mass is 10.2. The highest BCUT2D eigenvalue weighted by molar-refractivity contribution is 7.18. The van der Waals surface area contributed by atoms with E-state index in [0.29, 0.717) is 12.0 Å². The van der Waals surface area contributed by atoms with Crippen LogP contribution in [0.1, 0.15) is 25.1 Å². The lowest BCUT2D eigenvalue weighted by Crippen LogP contribution is -2.49. The summed E-state index contributed by atoms with van der Waals surface area (Å²) in [6, 6.07) is 2.83. The van der Waals surface area contributed by atoms with Crippen molar-refractivity contribution in [2.24, 2.45) is 0 Å². The van der Waals surface area contributed by atoms with Crippen LogP contribution in [0, 0.1) is 6.92 Å². The Bertz CT molecular complexity index is 630. The number of fused-ring (bicyclic) bond motifs is 1. The zero-order valence-electron chi connectivity index (χ0n) is 13.0. The molecule has 3 heterocycles. The van der Waals surface area contributed by atoms with Gasteiger partial charge in [-0.3, -0.25) is 4.90 Å². The Morgan fingerprint density at radius 2 is 2.00 bits per heavy atom. The molecule has 0 radical (unpaired) electrons. The number of anilines is 2. The van der Waals surface area contributed by atoms with Crippen LogP contribution >= 0.6 is 11.3 Å². The van der Waals surface area contributed by atoms with Crippen LogP contribution in [0.15, 0.2) is 6.07 Å². The molecule has 0 bridgehead atoms. The molecule has 114 valence electrons. The van der Waals surface area contributed by atoms with Crippen LogP contribution in [0.3, 0.4) is 0 Å². The Hall–Kier alpha value is -1.40. The Labute approximate surface area is 129 Å². The number of hydrogen-bond donors (Lipinski definition) is 1. The quantitative estimate of drug-likeness (QED) is 0.944. The van der Waals surface area contributed by atoms with E-state index >= 15 is 0 Å². The molecule has 3 rings (SSSR count). The summed E-state index contributed by atoms with van der Waals surface area (Å²) in [5.74, 6) is 1.38. The second-order valence-electron chi connectivity index (χ2n) is 5.76. The van der Waals surface area contributed by atoms with Crippen molar-refractivity contribution in [1.29, 1.82) is 0 Å². The molecule has 6 heteroatoms. The number of hydrogen-bond acceptors (Lipinski definition) is 6. The first-order valence-electron chi connectivity index (χ1n) is 7.61. The molecule has 1 fully saturated rings. The third-order valence-electron chi connectivity index (χ3n) is 4.34. The molecule has 1 aliphatic heterocycles. The van der Waals surface area contributed by atoms with Gasteiger partial charge in [0.15, 0.2) is 0 Å². The minimum absolute atomic E-state index is 0.378. The third kappa shape index (κ3) is 2.82. The topological polar surface area (TPSA) is 58.3 Å². The smallest absolute Gasteiger partial charge is 0.223 e. The molecule has 1 saturated heterocycles. The van der Waals surface area contributed by atoms with Crippen molar-refractivity contribution in [1.82, 2.24) is 14.9 Å². The van der Waals surface area contributed by atoms with Crippen LogP contribution in [0.5, 0.6) is 0 Å². The number of nitrogen functional groups attached to an aromatic ring is 1. The van der Waals surface area contributed by atoms with Gasteiger partial charge in [0.25, 0.3) is 0 Å². The SMILES string of the molecule is CCC(C)N1CCN(c2nc(N)nc3sc(C)cc23)CC1. The summed E-state index contributed by atoms with van der Waals surface area (Å²) in [6.45, 7) is 10.8. The zero-order chi connectivity index (χ0) is 15.0. The van der Waals surface area contributed by atoms with E-state index in [9.17, 15) is 0 Å². The molecule has 0 saturated carbocycles. The van der Waals surface area contributed by atoms with E-state index in [1.165, 1.54) is 11.3 Å². The first kappa shape index (κ1) is 14.5. The number of rotatable bonds is 3. The van der Waals surface area contributed by atoms with Crippen molar-refractivity contribution in [2.75, 3.05) is 36.8 Å². The molecule has 2 aromatic rings. The fraction of sp³-hybridized carbons (Fsp3) is 0.600. The molecule has 21 heavy (non-hydrogen) atoms. The molecule has 2 N–H and O–H groups in total. The molecule has 1 unspecified atom stereocenters. The standard InChI is InChI=1S/C15H23N5S/c1-4-10(2)19-5-7-20(8-6-19)13-12-9-11(3)21-14(12)18-15(16)17-13/h9-10H,4-8H2,1-3H3,(H2,16,17,18). The Morgan fingerprint density at radius 1 is 1.29 bits per heavy atom.